The number of methoxy groups -OCH3 is 1. The Hall–Kier alpha value is -3.93. The van der Waals surface area contributed by atoms with Crippen molar-refractivity contribution in [1.29, 1.82) is 0 Å². The maximum atomic E-state index is 12.8. The molecule has 1 N–H and O–H groups in total. The molecule has 0 atom stereocenters. The SMILES string of the molecule is COc1ccc(-n2ccc(=O)c(C(=O)Nc3cccc4ccccc34)n2)cc1. The zero-order chi connectivity index (χ0) is 19.5. The van der Waals surface area contributed by atoms with Gasteiger partial charge in [0.2, 0.25) is 5.43 Å². The van der Waals surface area contributed by atoms with Gasteiger partial charge in [-0.15, -0.1) is 0 Å². The van der Waals surface area contributed by atoms with E-state index in [1.54, 1.807) is 37.4 Å². The number of carbonyl (C=O) groups excluding carboxylic acids is 1. The van der Waals surface area contributed by atoms with Gasteiger partial charge >= 0.3 is 0 Å². The smallest absolute Gasteiger partial charge is 0.280 e. The molecule has 0 aliphatic heterocycles. The van der Waals surface area contributed by atoms with Gasteiger partial charge in [0, 0.05) is 23.3 Å². The van der Waals surface area contributed by atoms with Crippen LogP contribution < -0.4 is 15.5 Å². The second kappa shape index (κ2) is 7.36. The maximum Gasteiger partial charge on any atom is 0.280 e. The third-order valence-corrected chi connectivity index (χ3v) is 4.40. The van der Waals surface area contributed by atoms with Crippen LogP contribution in [0.4, 0.5) is 5.69 Å². The van der Waals surface area contributed by atoms with Crippen LogP contribution in [0.5, 0.6) is 5.75 Å². The summed E-state index contributed by atoms with van der Waals surface area (Å²) in [6.07, 6.45) is 1.53. The Balaban J connectivity index is 1.68. The summed E-state index contributed by atoms with van der Waals surface area (Å²) in [5.41, 5.74) is 0.720. The highest BCUT2D eigenvalue weighted by molar-refractivity contribution is 6.08. The van der Waals surface area contributed by atoms with Crippen molar-refractivity contribution in [2.45, 2.75) is 0 Å². The van der Waals surface area contributed by atoms with E-state index in [1.807, 2.05) is 36.4 Å². The summed E-state index contributed by atoms with van der Waals surface area (Å²) in [5, 5.41) is 8.92. The van der Waals surface area contributed by atoms with Crippen LogP contribution in [0.3, 0.4) is 0 Å². The largest absolute Gasteiger partial charge is 0.497 e. The molecule has 0 saturated heterocycles. The number of fused-ring (bicyclic) bond motifs is 1. The predicted octanol–water partition coefficient (Wildman–Crippen LogP) is 3.65. The predicted molar refractivity (Wildman–Crippen MR) is 108 cm³/mol. The Kier molecular flexibility index (Phi) is 4.60. The van der Waals surface area contributed by atoms with Crippen molar-refractivity contribution in [2.24, 2.45) is 0 Å². The molecular formula is C22H17N3O3. The number of benzene rings is 3. The molecular weight excluding hydrogens is 354 g/mol. The fourth-order valence-electron chi connectivity index (χ4n) is 2.96. The van der Waals surface area contributed by atoms with Crippen molar-refractivity contribution in [2.75, 3.05) is 12.4 Å². The first-order valence-corrected chi connectivity index (χ1v) is 8.69. The lowest BCUT2D eigenvalue weighted by Crippen LogP contribution is -2.25. The summed E-state index contributed by atoms with van der Waals surface area (Å²) in [7, 11) is 1.59. The minimum absolute atomic E-state index is 0.175. The maximum absolute atomic E-state index is 12.8. The number of rotatable bonds is 4. The van der Waals surface area contributed by atoms with Crippen LogP contribution in [0.1, 0.15) is 10.5 Å². The van der Waals surface area contributed by atoms with Crippen LogP contribution in [0.2, 0.25) is 0 Å². The van der Waals surface area contributed by atoms with Gasteiger partial charge in [-0.25, -0.2) is 4.68 Å². The highest BCUT2D eigenvalue weighted by Crippen LogP contribution is 2.23. The summed E-state index contributed by atoms with van der Waals surface area (Å²) in [6.45, 7) is 0. The molecule has 0 bridgehead atoms. The number of nitrogens with zero attached hydrogens (tertiary/aromatic N) is 2. The summed E-state index contributed by atoms with van der Waals surface area (Å²) in [4.78, 5) is 25.0. The molecule has 0 saturated carbocycles. The molecule has 0 aliphatic carbocycles. The highest BCUT2D eigenvalue weighted by Gasteiger charge is 2.15. The third-order valence-electron chi connectivity index (χ3n) is 4.40. The van der Waals surface area contributed by atoms with Gasteiger partial charge in [0.05, 0.1) is 12.8 Å². The number of hydrogen-bond donors (Lipinski definition) is 1. The lowest BCUT2D eigenvalue weighted by atomic mass is 10.1. The van der Waals surface area contributed by atoms with Crippen LogP contribution in [0.15, 0.2) is 83.8 Å². The Labute approximate surface area is 161 Å². The van der Waals surface area contributed by atoms with Crippen LogP contribution >= 0.6 is 0 Å². The van der Waals surface area contributed by atoms with Crippen LogP contribution in [0.25, 0.3) is 16.5 Å². The molecule has 6 nitrogen and oxygen atoms in total. The molecule has 138 valence electrons. The molecule has 6 heteroatoms. The van der Waals surface area contributed by atoms with Gasteiger partial charge in [-0.2, -0.15) is 5.10 Å². The second-order valence-electron chi connectivity index (χ2n) is 6.15. The number of anilines is 1. The normalized spacial score (nSPS) is 10.6. The average molecular weight is 371 g/mol. The molecule has 0 aliphatic rings. The summed E-state index contributed by atoms with van der Waals surface area (Å²) < 4.78 is 6.63. The van der Waals surface area contributed by atoms with Gasteiger partial charge in [-0.05, 0) is 35.7 Å². The number of hydrogen-bond acceptors (Lipinski definition) is 4. The van der Waals surface area contributed by atoms with E-state index in [-0.39, 0.29) is 5.69 Å². The zero-order valence-electron chi connectivity index (χ0n) is 15.1. The fourth-order valence-corrected chi connectivity index (χ4v) is 2.96. The van der Waals surface area contributed by atoms with Crippen molar-refractivity contribution in [3.05, 3.63) is 94.9 Å². The third kappa shape index (κ3) is 3.35. The van der Waals surface area contributed by atoms with Gasteiger partial charge < -0.3 is 10.1 Å². The number of aromatic nitrogens is 2. The summed E-state index contributed by atoms with van der Waals surface area (Å²) >= 11 is 0. The Bertz CT molecular complexity index is 1210. The van der Waals surface area contributed by atoms with E-state index < -0.39 is 11.3 Å². The molecule has 1 amide bonds. The van der Waals surface area contributed by atoms with E-state index in [1.165, 1.54) is 16.9 Å². The Morgan fingerprint density at radius 3 is 2.50 bits per heavy atom. The van der Waals surface area contributed by atoms with E-state index in [4.69, 9.17) is 4.74 Å². The topological polar surface area (TPSA) is 73.2 Å². The molecule has 0 radical (unpaired) electrons. The van der Waals surface area contributed by atoms with Gasteiger partial charge in [0.15, 0.2) is 5.69 Å². The van der Waals surface area contributed by atoms with Gasteiger partial charge in [-0.1, -0.05) is 36.4 Å². The van der Waals surface area contributed by atoms with Gasteiger partial charge in [0.25, 0.3) is 5.91 Å². The molecule has 0 unspecified atom stereocenters. The van der Waals surface area contributed by atoms with Crippen molar-refractivity contribution >= 4 is 22.4 Å². The number of amides is 1. The molecule has 28 heavy (non-hydrogen) atoms. The lowest BCUT2D eigenvalue weighted by molar-refractivity contribution is 0.101. The van der Waals surface area contributed by atoms with Crippen molar-refractivity contribution < 1.29 is 9.53 Å². The van der Waals surface area contributed by atoms with Crippen LogP contribution in [0, 0.1) is 0 Å². The van der Waals surface area contributed by atoms with E-state index in [2.05, 4.69) is 10.4 Å². The monoisotopic (exact) mass is 371 g/mol. The minimum Gasteiger partial charge on any atom is -0.497 e. The number of nitrogens with one attached hydrogen (secondary N) is 1. The van der Waals surface area contributed by atoms with Gasteiger partial charge in [-0.3, -0.25) is 9.59 Å². The quantitative estimate of drug-likeness (QED) is 0.594. The van der Waals surface area contributed by atoms with Gasteiger partial charge in [0.1, 0.15) is 5.75 Å². The first-order chi connectivity index (χ1) is 13.7. The molecule has 0 fully saturated rings. The minimum atomic E-state index is -0.552. The summed E-state index contributed by atoms with van der Waals surface area (Å²) in [6, 6.07) is 21.8. The fraction of sp³-hybridized carbons (Fsp3) is 0.0455. The molecule has 1 heterocycles. The molecule has 0 spiro atoms. The van der Waals surface area contributed by atoms with Crippen LogP contribution in [-0.4, -0.2) is 22.8 Å². The van der Waals surface area contributed by atoms with Crippen molar-refractivity contribution in [3.8, 4) is 11.4 Å². The molecule has 4 aromatic rings. The lowest BCUT2D eigenvalue weighted by Gasteiger charge is -2.10. The van der Waals surface area contributed by atoms with Crippen molar-refractivity contribution in [3.63, 3.8) is 0 Å². The van der Waals surface area contributed by atoms with E-state index in [0.29, 0.717) is 17.1 Å². The molecule has 4 rings (SSSR count). The van der Waals surface area contributed by atoms with E-state index >= 15 is 0 Å². The number of carbonyl (C=O) groups is 1. The Morgan fingerprint density at radius 2 is 1.71 bits per heavy atom. The molecule has 3 aromatic carbocycles. The average Bonchev–Trinajstić information content (AvgIpc) is 2.74. The van der Waals surface area contributed by atoms with Crippen molar-refractivity contribution in [1.82, 2.24) is 9.78 Å². The number of ether oxygens (including phenoxy) is 1. The standard InChI is InChI=1S/C22H17N3O3/c1-28-17-11-9-16(10-12-17)25-14-13-20(26)21(24-25)22(27)23-19-8-4-6-15-5-2-3-7-18(15)19/h2-14H,1H3,(H,23,27). The highest BCUT2D eigenvalue weighted by atomic mass is 16.5. The van der Waals surface area contributed by atoms with E-state index in [9.17, 15) is 9.59 Å². The van der Waals surface area contributed by atoms with Crippen LogP contribution in [-0.2, 0) is 0 Å². The Morgan fingerprint density at radius 1 is 0.964 bits per heavy atom. The molecule has 1 aromatic heterocycles. The zero-order valence-corrected chi connectivity index (χ0v) is 15.1. The van der Waals surface area contributed by atoms with E-state index in [0.717, 1.165) is 10.8 Å². The second-order valence-corrected chi connectivity index (χ2v) is 6.15. The summed E-state index contributed by atoms with van der Waals surface area (Å²) in [5.74, 6) is 0.155. The first kappa shape index (κ1) is 17.5. The first-order valence-electron chi connectivity index (χ1n) is 8.69.